The first kappa shape index (κ1) is 12.7. The lowest BCUT2D eigenvalue weighted by Gasteiger charge is -2.14. The van der Waals surface area contributed by atoms with Crippen LogP contribution in [0.2, 0.25) is 0 Å². The number of hydrogen-bond acceptors (Lipinski definition) is 5. The number of amides is 1. The quantitative estimate of drug-likeness (QED) is 0.265. The van der Waals surface area contributed by atoms with Crippen molar-refractivity contribution in [2.75, 3.05) is 5.75 Å². The number of aliphatic carboxylic acids is 1. The molecule has 2 atom stereocenters. The molecule has 0 spiro atoms. The third-order valence-corrected chi connectivity index (χ3v) is 1.80. The van der Waals surface area contributed by atoms with E-state index in [1.54, 1.807) is 0 Å². The van der Waals surface area contributed by atoms with Gasteiger partial charge in [-0.25, -0.2) is 0 Å². The van der Waals surface area contributed by atoms with Gasteiger partial charge in [0.25, 0.3) is 0 Å². The number of nitroso groups, excluding NO2 is 1. The maximum absolute atomic E-state index is 11.2. The smallest absolute Gasteiger partial charge is 0.325 e. The number of nitrogens with zero attached hydrogens (tertiary/aromatic N) is 1. The summed E-state index contributed by atoms with van der Waals surface area (Å²) < 4.78 is 0. The Balaban J connectivity index is 4.16. The van der Waals surface area contributed by atoms with E-state index in [9.17, 15) is 14.5 Å². The Bertz CT molecular complexity index is 235. The van der Waals surface area contributed by atoms with E-state index in [4.69, 9.17) is 5.11 Å². The second kappa shape index (κ2) is 6.19. The summed E-state index contributed by atoms with van der Waals surface area (Å²) in [5.41, 5.74) is 1.96. The minimum atomic E-state index is -1.16. The second-order valence-corrected chi connectivity index (χ2v) is 2.89. The number of carboxylic acids is 1. The van der Waals surface area contributed by atoms with E-state index in [-0.39, 0.29) is 5.75 Å². The van der Waals surface area contributed by atoms with Gasteiger partial charge >= 0.3 is 5.97 Å². The molecule has 0 aliphatic heterocycles. The summed E-state index contributed by atoms with van der Waals surface area (Å²) in [5, 5.41) is 13.0. The maximum Gasteiger partial charge on any atom is 0.325 e. The summed E-state index contributed by atoms with van der Waals surface area (Å²) in [6, 6.07) is -1.93. The summed E-state index contributed by atoms with van der Waals surface area (Å²) in [6.45, 7) is 1.31. The van der Waals surface area contributed by atoms with Crippen molar-refractivity contribution >= 4 is 24.5 Å². The van der Waals surface area contributed by atoms with E-state index >= 15 is 0 Å². The molecule has 0 fully saturated rings. The van der Waals surface area contributed by atoms with E-state index in [1.165, 1.54) is 6.92 Å². The molecule has 0 radical (unpaired) electrons. The zero-order valence-corrected chi connectivity index (χ0v) is 8.32. The van der Waals surface area contributed by atoms with Crippen LogP contribution in [0.1, 0.15) is 6.92 Å². The monoisotopic (exact) mass is 221 g/mol. The number of nitrogens with one attached hydrogen (secondary N) is 2. The molecule has 0 aliphatic rings. The molecule has 7 nitrogen and oxygen atoms in total. The highest BCUT2D eigenvalue weighted by Crippen LogP contribution is 1.90. The lowest BCUT2D eigenvalue weighted by atomic mass is 10.3. The topological polar surface area (TPSA) is 108 Å². The molecule has 0 saturated heterocycles. The van der Waals surface area contributed by atoms with Crippen molar-refractivity contribution in [2.45, 2.75) is 19.0 Å². The first-order valence-electron chi connectivity index (χ1n) is 3.74. The van der Waals surface area contributed by atoms with E-state index < -0.39 is 24.0 Å². The second-order valence-electron chi connectivity index (χ2n) is 2.52. The maximum atomic E-state index is 11.2. The SMILES string of the molecule is C[C@H](NC(=O)[C@@H](CS)NN=O)C(=O)O. The molecule has 8 heteroatoms. The zero-order valence-electron chi connectivity index (χ0n) is 7.43. The van der Waals surface area contributed by atoms with Gasteiger partial charge in [0.15, 0.2) is 0 Å². The molecule has 0 saturated carbocycles. The average molecular weight is 221 g/mol. The van der Waals surface area contributed by atoms with Crippen LogP contribution in [0.25, 0.3) is 0 Å². The van der Waals surface area contributed by atoms with Crippen molar-refractivity contribution in [3.8, 4) is 0 Å². The van der Waals surface area contributed by atoms with Crippen molar-refractivity contribution in [2.24, 2.45) is 5.29 Å². The van der Waals surface area contributed by atoms with Gasteiger partial charge in [-0.2, -0.15) is 12.6 Å². The zero-order chi connectivity index (χ0) is 11.1. The number of rotatable bonds is 6. The van der Waals surface area contributed by atoms with Crippen molar-refractivity contribution in [3.63, 3.8) is 0 Å². The highest BCUT2D eigenvalue weighted by atomic mass is 32.1. The molecule has 80 valence electrons. The Kier molecular flexibility index (Phi) is 5.61. The highest BCUT2D eigenvalue weighted by Gasteiger charge is 2.21. The number of hydrogen-bond donors (Lipinski definition) is 4. The Labute approximate surface area is 85.6 Å². The van der Waals surface area contributed by atoms with Gasteiger partial charge in [0.1, 0.15) is 12.1 Å². The fraction of sp³-hybridized carbons (Fsp3) is 0.667. The van der Waals surface area contributed by atoms with Gasteiger partial charge in [0.2, 0.25) is 5.91 Å². The minimum Gasteiger partial charge on any atom is -0.480 e. The third-order valence-electron chi connectivity index (χ3n) is 1.44. The standard InChI is InChI=1S/C6H11N3O4S/c1-3(6(11)12)7-5(10)4(2-14)8-9-13/h3-4,14H,2H2,1H3,(H,7,10)(H,8,13)(H,11,12)/t3-,4+/m0/s1. The fourth-order valence-corrected chi connectivity index (χ4v) is 0.869. The molecule has 3 N–H and O–H groups in total. The lowest BCUT2D eigenvalue weighted by molar-refractivity contribution is -0.141. The van der Waals surface area contributed by atoms with Gasteiger partial charge in [0, 0.05) is 5.75 Å². The number of carbonyl (C=O) groups is 2. The summed E-state index contributed by atoms with van der Waals surface area (Å²) in [6.07, 6.45) is 0. The first-order chi connectivity index (χ1) is 6.52. The van der Waals surface area contributed by atoms with E-state index in [0.29, 0.717) is 0 Å². The summed E-state index contributed by atoms with van der Waals surface area (Å²) >= 11 is 3.79. The minimum absolute atomic E-state index is 0.0455. The Morgan fingerprint density at radius 3 is 2.50 bits per heavy atom. The summed E-state index contributed by atoms with van der Waals surface area (Å²) in [7, 11) is 0. The van der Waals surface area contributed by atoms with Crippen molar-refractivity contribution in [1.82, 2.24) is 10.7 Å². The van der Waals surface area contributed by atoms with Crippen LogP contribution in [-0.4, -0.2) is 34.8 Å². The van der Waals surface area contributed by atoms with Crippen LogP contribution in [0.3, 0.4) is 0 Å². The molecule has 0 rings (SSSR count). The lowest BCUT2D eigenvalue weighted by Crippen LogP contribution is -2.48. The molecule has 0 aliphatic carbocycles. The Morgan fingerprint density at radius 2 is 2.14 bits per heavy atom. The average Bonchev–Trinajstić information content (AvgIpc) is 2.13. The summed E-state index contributed by atoms with van der Waals surface area (Å²) in [4.78, 5) is 31.4. The van der Waals surface area contributed by atoms with Crippen LogP contribution in [0.4, 0.5) is 0 Å². The van der Waals surface area contributed by atoms with Crippen LogP contribution in [0, 0.1) is 4.91 Å². The van der Waals surface area contributed by atoms with Gasteiger partial charge in [-0.15, -0.1) is 4.91 Å². The Hall–Kier alpha value is -1.31. The Morgan fingerprint density at radius 1 is 1.57 bits per heavy atom. The van der Waals surface area contributed by atoms with Crippen molar-refractivity contribution in [1.29, 1.82) is 0 Å². The van der Waals surface area contributed by atoms with E-state index in [1.807, 2.05) is 5.43 Å². The molecule has 14 heavy (non-hydrogen) atoms. The summed E-state index contributed by atoms with van der Waals surface area (Å²) in [5.74, 6) is -1.74. The molecular weight excluding hydrogens is 210 g/mol. The molecule has 0 bridgehead atoms. The van der Waals surface area contributed by atoms with Gasteiger partial charge in [-0.3, -0.25) is 15.0 Å². The number of carbonyl (C=O) groups excluding carboxylic acids is 1. The third kappa shape index (κ3) is 4.08. The van der Waals surface area contributed by atoms with Crippen molar-refractivity contribution in [3.05, 3.63) is 4.91 Å². The predicted molar refractivity (Wildman–Crippen MR) is 51.8 cm³/mol. The molecule has 0 heterocycles. The van der Waals surface area contributed by atoms with Crippen LogP contribution in [-0.2, 0) is 9.59 Å². The van der Waals surface area contributed by atoms with Gasteiger partial charge < -0.3 is 10.4 Å². The van der Waals surface area contributed by atoms with Gasteiger partial charge in [-0.05, 0) is 6.92 Å². The number of carboxylic acid groups (broad SMARTS) is 1. The van der Waals surface area contributed by atoms with Crippen LogP contribution >= 0.6 is 12.6 Å². The normalized spacial score (nSPS) is 13.9. The van der Waals surface area contributed by atoms with Crippen LogP contribution in [0.5, 0.6) is 0 Å². The van der Waals surface area contributed by atoms with Gasteiger partial charge in [0.05, 0.1) is 5.29 Å². The largest absolute Gasteiger partial charge is 0.480 e. The molecular formula is C6H11N3O4S. The molecule has 0 aromatic heterocycles. The molecule has 0 aromatic rings. The molecule has 1 amide bonds. The van der Waals surface area contributed by atoms with Crippen LogP contribution in [0.15, 0.2) is 5.29 Å². The van der Waals surface area contributed by atoms with Gasteiger partial charge in [-0.1, -0.05) is 0 Å². The number of thiol groups is 1. The molecule has 0 unspecified atom stereocenters. The van der Waals surface area contributed by atoms with E-state index in [2.05, 4.69) is 23.2 Å². The van der Waals surface area contributed by atoms with Crippen LogP contribution < -0.4 is 10.7 Å². The highest BCUT2D eigenvalue weighted by molar-refractivity contribution is 7.80. The molecule has 0 aromatic carbocycles. The first-order valence-corrected chi connectivity index (χ1v) is 4.38. The predicted octanol–water partition coefficient (Wildman–Crippen LogP) is -0.855. The van der Waals surface area contributed by atoms with Crippen molar-refractivity contribution < 1.29 is 14.7 Å². The fourth-order valence-electron chi connectivity index (χ4n) is 0.622. The van der Waals surface area contributed by atoms with E-state index in [0.717, 1.165) is 0 Å².